The van der Waals surface area contributed by atoms with E-state index in [1.807, 2.05) is 12.3 Å². The average molecular weight is 432 g/mol. The second kappa shape index (κ2) is 9.28. The molecular formula is C23H25N7S. The van der Waals surface area contributed by atoms with E-state index in [-0.39, 0.29) is 0 Å². The van der Waals surface area contributed by atoms with E-state index in [1.54, 1.807) is 17.5 Å². The molecule has 8 heteroatoms. The lowest BCUT2D eigenvalue weighted by atomic mass is 10.2. The summed E-state index contributed by atoms with van der Waals surface area (Å²) in [5, 5.41) is 14.3. The Labute approximate surface area is 186 Å². The van der Waals surface area contributed by atoms with Crippen molar-refractivity contribution in [2.24, 2.45) is 0 Å². The molecule has 1 N–H and O–H groups in total. The highest BCUT2D eigenvalue weighted by molar-refractivity contribution is 7.17. The van der Waals surface area contributed by atoms with Gasteiger partial charge in [-0.15, -0.1) is 10.2 Å². The smallest absolute Gasteiger partial charge is 0.218 e. The van der Waals surface area contributed by atoms with Crippen molar-refractivity contribution in [3.8, 4) is 5.13 Å². The van der Waals surface area contributed by atoms with Crippen LogP contribution < -0.4 is 15.1 Å². The van der Waals surface area contributed by atoms with Crippen LogP contribution >= 0.6 is 11.3 Å². The second-order valence-corrected chi connectivity index (χ2v) is 8.45. The van der Waals surface area contributed by atoms with Crippen molar-refractivity contribution in [2.45, 2.75) is 13.1 Å². The Bertz CT molecular complexity index is 1090. The number of anilines is 2. The third-order valence-corrected chi connectivity index (χ3v) is 6.46. The van der Waals surface area contributed by atoms with Gasteiger partial charge in [0.05, 0.1) is 0 Å². The van der Waals surface area contributed by atoms with Gasteiger partial charge in [0.2, 0.25) is 10.3 Å². The van der Waals surface area contributed by atoms with E-state index >= 15 is 0 Å². The summed E-state index contributed by atoms with van der Waals surface area (Å²) in [5.41, 5.74) is 3.63. The van der Waals surface area contributed by atoms with Gasteiger partial charge in [-0.3, -0.25) is 9.55 Å². The highest BCUT2D eigenvalue weighted by Gasteiger charge is 2.21. The molecule has 0 radical (unpaired) electrons. The standard InChI is InChI=1S/C23H25N7S/c1-2-7-20(8-3-1)28-12-14-29(15-13-28)22-26-27-23(31-22)30-11-5-9-21(30)18-25-17-19-6-4-10-24-16-19/h1-11,16,25H,12-15,17-18H2. The highest BCUT2D eigenvalue weighted by Crippen LogP contribution is 2.26. The predicted octanol–water partition coefficient (Wildman–Crippen LogP) is 3.34. The van der Waals surface area contributed by atoms with Crippen LogP contribution in [-0.2, 0) is 13.1 Å². The molecule has 0 amide bonds. The third-order valence-electron chi connectivity index (χ3n) is 5.47. The van der Waals surface area contributed by atoms with Gasteiger partial charge in [0.1, 0.15) is 0 Å². The molecule has 1 fully saturated rings. The van der Waals surface area contributed by atoms with Crippen LogP contribution in [0.3, 0.4) is 0 Å². The monoisotopic (exact) mass is 431 g/mol. The van der Waals surface area contributed by atoms with Crippen LogP contribution in [0.4, 0.5) is 10.8 Å². The maximum Gasteiger partial charge on any atom is 0.218 e. The summed E-state index contributed by atoms with van der Waals surface area (Å²) < 4.78 is 2.12. The van der Waals surface area contributed by atoms with Gasteiger partial charge in [-0.2, -0.15) is 0 Å². The van der Waals surface area contributed by atoms with Gasteiger partial charge in [0, 0.05) is 69.2 Å². The number of nitrogens with zero attached hydrogens (tertiary/aromatic N) is 6. The first kappa shape index (κ1) is 19.7. The highest BCUT2D eigenvalue weighted by atomic mass is 32.1. The lowest BCUT2D eigenvalue weighted by Crippen LogP contribution is -2.46. The number of nitrogens with one attached hydrogen (secondary N) is 1. The minimum absolute atomic E-state index is 0.757. The van der Waals surface area contributed by atoms with Crippen molar-refractivity contribution >= 4 is 22.2 Å². The van der Waals surface area contributed by atoms with E-state index in [2.05, 4.69) is 89.6 Å². The first-order chi connectivity index (χ1) is 15.4. The van der Waals surface area contributed by atoms with Crippen LogP contribution in [0.2, 0.25) is 0 Å². The van der Waals surface area contributed by atoms with Gasteiger partial charge in [0.15, 0.2) is 0 Å². The summed E-state index contributed by atoms with van der Waals surface area (Å²) in [6.45, 7) is 5.43. The van der Waals surface area contributed by atoms with E-state index in [4.69, 9.17) is 0 Å². The largest absolute Gasteiger partial charge is 0.368 e. The van der Waals surface area contributed by atoms with Gasteiger partial charge in [-0.05, 0) is 35.9 Å². The Kier molecular flexibility index (Phi) is 5.90. The zero-order valence-corrected chi connectivity index (χ0v) is 18.1. The molecule has 0 bridgehead atoms. The summed E-state index contributed by atoms with van der Waals surface area (Å²) in [6, 6.07) is 18.8. The Hall–Kier alpha value is -3.23. The Morgan fingerprint density at radius 3 is 2.42 bits per heavy atom. The summed E-state index contributed by atoms with van der Waals surface area (Å²) in [4.78, 5) is 8.93. The average Bonchev–Trinajstić information content (AvgIpc) is 3.50. The number of aromatic nitrogens is 4. The van der Waals surface area contributed by atoms with Crippen molar-refractivity contribution < 1.29 is 0 Å². The van der Waals surface area contributed by atoms with Crippen molar-refractivity contribution in [3.63, 3.8) is 0 Å². The molecule has 0 atom stereocenters. The second-order valence-electron chi connectivity index (χ2n) is 7.51. The van der Waals surface area contributed by atoms with E-state index in [1.165, 1.54) is 16.9 Å². The molecule has 0 unspecified atom stereocenters. The van der Waals surface area contributed by atoms with Gasteiger partial charge >= 0.3 is 0 Å². The molecule has 0 aliphatic carbocycles. The molecular weight excluding hydrogens is 406 g/mol. The molecule has 0 spiro atoms. The van der Waals surface area contributed by atoms with Crippen LogP contribution in [0.15, 0.2) is 73.2 Å². The first-order valence-electron chi connectivity index (χ1n) is 10.5. The number of rotatable bonds is 7. The van der Waals surface area contributed by atoms with Crippen molar-refractivity contribution in [1.82, 2.24) is 25.1 Å². The molecule has 1 aliphatic rings. The Balaban J connectivity index is 1.20. The topological polar surface area (TPSA) is 62.1 Å². The summed E-state index contributed by atoms with van der Waals surface area (Å²) in [6.07, 6.45) is 5.74. The predicted molar refractivity (Wildman–Crippen MR) is 125 cm³/mol. The molecule has 1 saturated heterocycles. The number of hydrogen-bond donors (Lipinski definition) is 1. The fourth-order valence-corrected chi connectivity index (χ4v) is 4.73. The number of pyridine rings is 1. The maximum atomic E-state index is 4.49. The molecule has 7 nitrogen and oxygen atoms in total. The lowest BCUT2D eigenvalue weighted by Gasteiger charge is -2.35. The van der Waals surface area contributed by atoms with Gasteiger partial charge in [-0.1, -0.05) is 35.6 Å². The fourth-order valence-electron chi connectivity index (χ4n) is 3.81. The number of para-hydroxylation sites is 1. The van der Waals surface area contributed by atoms with Crippen LogP contribution in [0, 0.1) is 0 Å². The van der Waals surface area contributed by atoms with Crippen molar-refractivity contribution in [2.75, 3.05) is 36.0 Å². The molecule has 0 saturated carbocycles. The molecule has 4 heterocycles. The molecule has 1 aliphatic heterocycles. The zero-order chi connectivity index (χ0) is 20.9. The molecule has 3 aromatic heterocycles. The van der Waals surface area contributed by atoms with Crippen molar-refractivity contribution in [1.29, 1.82) is 0 Å². The normalized spacial score (nSPS) is 14.2. The van der Waals surface area contributed by atoms with Crippen LogP contribution in [0.25, 0.3) is 5.13 Å². The lowest BCUT2D eigenvalue weighted by molar-refractivity contribution is 0.649. The van der Waals surface area contributed by atoms with Crippen LogP contribution in [0.1, 0.15) is 11.3 Å². The van der Waals surface area contributed by atoms with E-state index in [0.717, 1.165) is 49.5 Å². The molecule has 4 aromatic rings. The van der Waals surface area contributed by atoms with Gasteiger partial charge < -0.3 is 15.1 Å². The van der Waals surface area contributed by atoms with Crippen LogP contribution in [-0.4, -0.2) is 45.9 Å². The van der Waals surface area contributed by atoms with Crippen molar-refractivity contribution in [3.05, 3.63) is 84.4 Å². The zero-order valence-electron chi connectivity index (χ0n) is 17.3. The van der Waals surface area contributed by atoms with E-state index < -0.39 is 0 Å². The maximum absolute atomic E-state index is 4.49. The number of benzene rings is 1. The Morgan fingerprint density at radius 1 is 0.806 bits per heavy atom. The fraction of sp³-hybridized carbons (Fsp3) is 0.261. The van der Waals surface area contributed by atoms with Crippen LogP contribution in [0.5, 0.6) is 0 Å². The third kappa shape index (κ3) is 4.60. The quantitative estimate of drug-likeness (QED) is 0.484. The van der Waals surface area contributed by atoms with E-state index in [0.29, 0.717) is 0 Å². The van der Waals surface area contributed by atoms with Gasteiger partial charge in [0.25, 0.3) is 0 Å². The summed E-state index contributed by atoms with van der Waals surface area (Å²) >= 11 is 1.65. The Morgan fingerprint density at radius 2 is 1.61 bits per heavy atom. The summed E-state index contributed by atoms with van der Waals surface area (Å²) in [7, 11) is 0. The molecule has 5 rings (SSSR count). The minimum Gasteiger partial charge on any atom is -0.368 e. The van der Waals surface area contributed by atoms with Gasteiger partial charge in [-0.25, -0.2) is 0 Å². The number of piperazine rings is 1. The number of hydrogen-bond acceptors (Lipinski definition) is 7. The van der Waals surface area contributed by atoms with E-state index in [9.17, 15) is 0 Å². The molecule has 158 valence electrons. The SMILES string of the molecule is c1ccc(N2CCN(c3nnc(-n4cccc4CNCc4cccnc4)s3)CC2)cc1. The molecule has 1 aromatic carbocycles. The summed E-state index contributed by atoms with van der Waals surface area (Å²) in [5.74, 6) is 0. The first-order valence-corrected chi connectivity index (χ1v) is 11.3. The minimum atomic E-state index is 0.757. The molecule has 31 heavy (non-hydrogen) atoms.